The second-order valence-corrected chi connectivity index (χ2v) is 4.92. The van der Waals surface area contributed by atoms with Crippen molar-refractivity contribution in [3.8, 4) is 22.6 Å². The third-order valence-electron chi connectivity index (χ3n) is 3.24. The van der Waals surface area contributed by atoms with Crippen molar-refractivity contribution in [2.24, 2.45) is 7.05 Å². The highest BCUT2D eigenvalue weighted by atomic mass is 35.5. The molecule has 0 aliphatic carbocycles. The summed E-state index contributed by atoms with van der Waals surface area (Å²) in [6.45, 7) is 1.98. The molecule has 0 unspecified atom stereocenters. The lowest BCUT2D eigenvalue weighted by atomic mass is 10.1. The highest BCUT2D eigenvalue weighted by Crippen LogP contribution is 2.25. The number of rotatable bonds is 2. The van der Waals surface area contributed by atoms with Crippen LogP contribution in [0.15, 0.2) is 42.6 Å². The molecule has 0 saturated heterocycles. The van der Waals surface area contributed by atoms with E-state index >= 15 is 0 Å². The third kappa shape index (κ3) is 2.30. The summed E-state index contributed by atoms with van der Waals surface area (Å²) in [5.74, 6) is 0.599. The van der Waals surface area contributed by atoms with Crippen LogP contribution in [0.4, 0.5) is 0 Å². The van der Waals surface area contributed by atoms with Gasteiger partial charge in [-0.05, 0) is 6.92 Å². The quantitative estimate of drug-likeness (QED) is 0.677. The predicted octanol–water partition coefficient (Wildman–Crippen LogP) is 3.51. The Morgan fingerprint density at radius 2 is 1.85 bits per heavy atom. The summed E-state index contributed by atoms with van der Waals surface area (Å²) in [5, 5.41) is 4.65. The average molecular weight is 285 g/mol. The van der Waals surface area contributed by atoms with E-state index in [1.54, 1.807) is 16.9 Å². The topological polar surface area (TPSA) is 43.6 Å². The highest BCUT2D eigenvalue weighted by molar-refractivity contribution is 6.29. The second-order valence-electron chi connectivity index (χ2n) is 4.53. The van der Waals surface area contributed by atoms with E-state index in [1.807, 2.05) is 44.3 Å². The largest absolute Gasteiger partial charge is 0.272 e. The van der Waals surface area contributed by atoms with Crippen molar-refractivity contribution in [3.63, 3.8) is 0 Å². The molecule has 0 spiro atoms. The van der Waals surface area contributed by atoms with Crippen molar-refractivity contribution in [2.45, 2.75) is 6.92 Å². The summed E-state index contributed by atoms with van der Waals surface area (Å²) in [6.07, 6.45) is 1.76. The van der Waals surface area contributed by atoms with Crippen molar-refractivity contribution in [3.05, 3.63) is 53.4 Å². The standard InChI is InChI=1S/C15H13ClN4/c1-10-12(9-17-20(10)2)15-18-13(8-14(16)19-15)11-6-4-3-5-7-11/h3-9H,1-2H3. The van der Waals surface area contributed by atoms with Gasteiger partial charge in [0.05, 0.1) is 17.5 Å². The number of hydrogen-bond acceptors (Lipinski definition) is 3. The van der Waals surface area contributed by atoms with Crippen molar-refractivity contribution < 1.29 is 0 Å². The highest BCUT2D eigenvalue weighted by Gasteiger charge is 2.12. The number of hydrogen-bond donors (Lipinski definition) is 0. The molecule has 0 N–H and O–H groups in total. The Hall–Kier alpha value is -2.20. The molecule has 3 aromatic rings. The van der Waals surface area contributed by atoms with Crippen LogP contribution in [0.2, 0.25) is 5.15 Å². The minimum atomic E-state index is 0.428. The number of halogens is 1. The van der Waals surface area contributed by atoms with Crippen molar-refractivity contribution in [1.29, 1.82) is 0 Å². The lowest BCUT2D eigenvalue weighted by Crippen LogP contribution is -1.96. The number of aromatic nitrogens is 4. The molecule has 2 heterocycles. The SMILES string of the molecule is Cc1c(-c2nc(Cl)cc(-c3ccccc3)n2)cnn1C. The first kappa shape index (κ1) is 12.8. The van der Waals surface area contributed by atoms with Crippen LogP contribution in [0.3, 0.4) is 0 Å². The molecule has 100 valence electrons. The number of aryl methyl sites for hydroxylation is 1. The molecule has 0 aliphatic rings. The number of benzene rings is 1. The van der Waals surface area contributed by atoms with E-state index in [0.717, 1.165) is 22.5 Å². The van der Waals surface area contributed by atoms with E-state index in [9.17, 15) is 0 Å². The van der Waals surface area contributed by atoms with Crippen LogP contribution in [-0.2, 0) is 7.05 Å². The zero-order chi connectivity index (χ0) is 14.1. The van der Waals surface area contributed by atoms with E-state index in [-0.39, 0.29) is 0 Å². The van der Waals surface area contributed by atoms with Gasteiger partial charge in [0, 0.05) is 24.4 Å². The molecule has 1 aromatic carbocycles. The summed E-state index contributed by atoms with van der Waals surface area (Å²) in [5.41, 5.74) is 3.72. The monoisotopic (exact) mass is 284 g/mol. The first-order valence-corrected chi connectivity index (χ1v) is 6.62. The van der Waals surface area contributed by atoms with Gasteiger partial charge in [-0.15, -0.1) is 0 Å². The summed E-state index contributed by atoms with van der Waals surface area (Å²) >= 11 is 6.13. The molecule has 4 nitrogen and oxygen atoms in total. The second kappa shape index (κ2) is 5.06. The molecule has 0 fully saturated rings. The Bertz CT molecular complexity index is 750. The lowest BCUT2D eigenvalue weighted by molar-refractivity contribution is 0.740. The predicted molar refractivity (Wildman–Crippen MR) is 79.4 cm³/mol. The minimum Gasteiger partial charge on any atom is -0.272 e. The molecule has 3 rings (SSSR count). The van der Waals surface area contributed by atoms with Gasteiger partial charge in [0.25, 0.3) is 0 Å². The van der Waals surface area contributed by atoms with Gasteiger partial charge < -0.3 is 0 Å². The first-order valence-electron chi connectivity index (χ1n) is 6.24. The van der Waals surface area contributed by atoms with E-state index < -0.39 is 0 Å². The summed E-state index contributed by atoms with van der Waals surface area (Å²) in [7, 11) is 1.89. The van der Waals surface area contributed by atoms with Gasteiger partial charge in [-0.25, -0.2) is 9.97 Å². The molecule has 0 atom stereocenters. The van der Waals surface area contributed by atoms with Crippen LogP contribution >= 0.6 is 11.6 Å². The third-order valence-corrected chi connectivity index (χ3v) is 3.43. The van der Waals surface area contributed by atoms with Crippen LogP contribution < -0.4 is 0 Å². The normalized spacial score (nSPS) is 10.8. The Kier molecular flexibility index (Phi) is 3.24. The van der Waals surface area contributed by atoms with E-state index in [1.165, 1.54) is 0 Å². The molecule has 2 aromatic heterocycles. The van der Waals surface area contributed by atoms with Crippen molar-refractivity contribution in [1.82, 2.24) is 19.7 Å². The minimum absolute atomic E-state index is 0.428. The van der Waals surface area contributed by atoms with E-state index in [0.29, 0.717) is 11.0 Å². The van der Waals surface area contributed by atoms with Crippen LogP contribution in [0.1, 0.15) is 5.69 Å². The van der Waals surface area contributed by atoms with E-state index in [2.05, 4.69) is 15.1 Å². The van der Waals surface area contributed by atoms with Crippen LogP contribution in [0.25, 0.3) is 22.6 Å². The Balaban J connectivity index is 2.15. The molecule has 0 saturated carbocycles. The number of nitrogens with zero attached hydrogens (tertiary/aromatic N) is 4. The summed E-state index contributed by atoms with van der Waals surface area (Å²) in [6, 6.07) is 11.7. The maximum Gasteiger partial charge on any atom is 0.164 e. The maximum absolute atomic E-state index is 6.13. The zero-order valence-corrected chi connectivity index (χ0v) is 12.0. The lowest BCUT2D eigenvalue weighted by Gasteiger charge is -2.05. The van der Waals surface area contributed by atoms with Gasteiger partial charge in [-0.3, -0.25) is 4.68 Å². The maximum atomic E-state index is 6.13. The average Bonchev–Trinajstić information content (AvgIpc) is 2.79. The van der Waals surface area contributed by atoms with Crippen molar-refractivity contribution >= 4 is 11.6 Å². The Labute approximate surface area is 122 Å². The molecule has 0 radical (unpaired) electrons. The van der Waals surface area contributed by atoms with Crippen molar-refractivity contribution in [2.75, 3.05) is 0 Å². The van der Waals surface area contributed by atoms with Crippen LogP contribution in [0, 0.1) is 6.92 Å². The Morgan fingerprint density at radius 3 is 2.50 bits per heavy atom. The smallest absolute Gasteiger partial charge is 0.164 e. The molecule has 0 bridgehead atoms. The van der Waals surface area contributed by atoms with Gasteiger partial charge >= 0.3 is 0 Å². The molecule has 20 heavy (non-hydrogen) atoms. The molecule has 5 heteroatoms. The molecular weight excluding hydrogens is 272 g/mol. The zero-order valence-electron chi connectivity index (χ0n) is 11.2. The fourth-order valence-electron chi connectivity index (χ4n) is 2.01. The summed E-state index contributed by atoms with van der Waals surface area (Å²) in [4.78, 5) is 8.90. The van der Waals surface area contributed by atoms with Gasteiger partial charge in [0.1, 0.15) is 5.15 Å². The van der Waals surface area contributed by atoms with Gasteiger partial charge in [0.2, 0.25) is 0 Å². The van der Waals surface area contributed by atoms with Gasteiger partial charge in [-0.1, -0.05) is 41.9 Å². The van der Waals surface area contributed by atoms with E-state index in [4.69, 9.17) is 11.6 Å². The van der Waals surface area contributed by atoms with Gasteiger partial charge in [-0.2, -0.15) is 5.10 Å². The van der Waals surface area contributed by atoms with Crippen LogP contribution in [-0.4, -0.2) is 19.7 Å². The van der Waals surface area contributed by atoms with Gasteiger partial charge in [0.15, 0.2) is 5.82 Å². The molecule has 0 amide bonds. The Morgan fingerprint density at radius 1 is 1.10 bits per heavy atom. The van der Waals surface area contributed by atoms with Crippen LogP contribution in [0.5, 0.6) is 0 Å². The fourth-order valence-corrected chi connectivity index (χ4v) is 2.20. The molecule has 0 aliphatic heterocycles. The molecular formula is C15H13ClN4. The fraction of sp³-hybridized carbons (Fsp3) is 0.133. The first-order chi connectivity index (χ1) is 9.65. The summed E-state index contributed by atoms with van der Waals surface area (Å²) < 4.78 is 1.79.